The van der Waals surface area contributed by atoms with Gasteiger partial charge in [-0.2, -0.15) is 0 Å². The van der Waals surface area contributed by atoms with Crippen LogP contribution in [0, 0.1) is 0 Å². The second kappa shape index (κ2) is 7.56. The van der Waals surface area contributed by atoms with Crippen LogP contribution in [0.4, 0.5) is 0 Å². The third kappa shape index (κ3) is 5.02. The molecular weight excluding hydrogens is 176 g/mol. The van der Waals surface area contributed by atoms with Crippen molar-refractivity contribution in [2.24, 2.45) is 0 Å². The van der Waals surface area contributed by atoms with Crippen LogP contribution in [-0.4, -0.2) is 23.3 Å². The molecule has 0 radical (unpaired) electrons. The Hall–Kier alpha value is -0.830. The lowest BCUT2D eigenvalue weighted by Crippen LogP contribution is -1.94. The van der Waals surface area contributed by atoms with Gasteiger partial charge < -0.3 is 9.30 Å². The van der Waals surface area contributed by atoms with Crippen molar-refractivity contribution in [3.63, 3.8) is 0 Å². The molecule has 1 aromatic rings. The fourth-order valence-electron chi connectivity index (χ4n) is 1.49. The fourth-order valence-corrected chi connectivity index (χ4v) is 1.49. The van der Waals surface area contributed by atoms with E-state index in [1.807, 2.05) is 18.7 Å². The molecule has 80 valence electrons. The van der Waals surface area contributed by atoms with Gasteiger partial charge >= 0.3 is 0 Å². The molecule has 0 unspecified atom stereocenters. The third-order valence-corrected chi connectivity index (χ3v) is 2.32. The monoisotopic (exact) mass is 196 g/mol. The summed E-state index contributed by atoms with van der Waals surface area (Å²) in [6.45, 7) is 2.01. The molecule has 0 atom stereocenters. The van der Waals surface area contributed by atoms with Gasteiger partial charge in [-0.1, -0.05) is 19.3 Å². The van der Waals surface area contributed by atoms with Crippen molar-refractivity contribution in [3.8, 4) is 0 Å². The molecule has 3 heteroatoms. The summed E-state index contributed by atoms with van der Waals surface area (Å²) in [5.74, 6) is 0. The van der Waals surface area contributed by atoms with Crippen molar-refractivity contribution >= 4 is 0 Å². The molecule has 0 aliphatic carbocycles. The van der Waals surface area contributed by atoms with Gasteiger partial charge in [0.1, 0.15) is 0 Å². The van der Waals surface area contributed by atoms with Crippen LogP contribution < -0.4 is 0 Å². The largest absolute Gasteiger partial charge is 0.385 e. The van der Waals surface area contributed by atoms with E-state index in [2.05, 4.69) is 9.55 Å². The highest BCUT2D eigenvalue weighted by Crippen LogP contribution is 2.04. The first kappa shape index (κ1) is 11.2. The maximum atomic E-state index is 4.99. The molecule has 1 rings (SSSR count). The zero-order valence-corrected chi connectivity index (χ0v) is 8.98. The number of unbranched alkanes of at least 4 members (excludes halogenated alkanes) is 4. The Morgan fingerprint density at radius 2 is 1.93 bits per heavy atom. The maximum absolute atomic E-state index is 4.99. The Morgan fingerprint density at radius 3 is 2.64 bits per heavy atom. The van der Waals surface area contributed by atoms with E-state index in [0.29, 0.717) is 0 Å². The summed E-state index contributed by atoms with van der Waals surface area (Å²) in [4.78, 5) is 4.01. The quantitative estimate of drug-likeness (QED) is 0.597. The molecule has 0 aliphatic rings. The second-order valence-corrected chi connectivity index (χ2v) is 3.56. The van der Waals surface area contributed by atoms with Crippen LogP contribution in [0.2, 0.25) is 0 Å². The molecule has 1 aromatic heterocycles. The van der Waals surface area contributed by atoms with Gasteiger partial charge in [0.15, 0.2) is 0 Å². The van der Waals surface area contributed by atoms with E-state index < -0.39 is 0 Å². The van der Waals surface area contributed by atoms with Gasteiger partial charge in [0.05, 0.1) is 6.33 Å². The molecule has 0 bridgehead atoms. The van der Waals surface area contributed by atoms with Gasteiger partial charge in [0, 0.05) is 32.7 Å². The van der Waals surface area contributed by atoms with Crippen LogP contribution in [0.15, 0.2) is 18.7 Å². The first-order valence-corrected chi connectivity index (χ1v) is 5.38. The number of aryl methyl sites for hydroxylation is 1. The Bertz CT molecular complexity index is 209. The standard InChI is InChI=1S/C11H20N2O/c1-14-10-6-4-2-3-5-8-13-9-7-12-11-13/h7,9,11H,2-6,8,10H2,1H3. The minimum Gasteiger partial charge on any atom is -0.385 e. The predicted molar refractivity (Wildman–Crippen MR) is 57.2 cm³/mol. The van der Waals surface area contributed by atoms with Crippen molar-refractivity contribution in [2.45, 2.75) is 38.6 Å². The molecule has 3 nitrogen and oxygen atoms in total. The van der Waals surface area contributed by atoms with Crippen LogP contribution >= 0.6 is 0 Å². The van der Waals surface area contributed by atoms with Crippen LogP contribution in [0.25, 0.3) is 0 Å². The molecule has 14 heavy (non-hydrogen) atoms. The average molecular weight is 196 g/mol. The highest BCUT2D eigenvalue weighted by molar-refractivity contribution is 4.73. The number of hydrogen-bond donors (Lipinski definition) is 0. The Labute approximate surface area is 86.1 Å². The van der Waals surface area contributed by atoms with E-state index in [-0.39, 0.29) is 0 Å². The second-order valence-electron chi connectivity index (χ2n) is 3.56. The summed E-state index contributed by atoms with van der Waals surface area (Å²) in [5.41, 5.74) is 0. The highest BCUT2D eigenvalue weighted by Gasteiger charge is 1.92. The van der Waals surface area contributed by atoms with Crippen LogP contribution in [0.1, 0.15) is 32.1 Å². The molecule has 0 fully saturated rings. The Morgan fingerprint density at radius 1 is 1.14 bits per heavy atom. The third-order valence-electron chi connectivity index (χ3n) is 2.32. The average Bonchev–Trinajstić information content (AvgIpc) is 2.69. The van der Waals surface area contributed by atoms with E-state index >= 15 is 0 Å². The van der Waals surface area contributed by atoms with E-state index in [9.17, 15) is 0 Å². The number of imidazole rings is 1. The number of methoxy groups -OCH3 is 1. The highest BCUT2D eigenvalue weighted by atomic mass is 16.5. The lowest BCUT2D eigenvalue weighted by molar-refractivity contribution is 0.192. The fraction of sp³-hybridized carbons (Fsp3) is 0.727. The van der Waals surface area contributed by atoms with Crippen molar-refractivity contribution in [1.29, 1.82) is 0 Å². The van der Waals surface area contributed by atoms with E-state index in [1.165, 1.54) is 32.1 Å². The maximum Gasteiger partial charge on any atom is 0.0945 e. The first-order valence-electron chi connectivity index (χ1n) is 5.38. The van der Waals surface area contributed by atoms with Crippen molar-refractivity contribution < 1.29 is 4.74 Å². The van der Waals surface area contributed by atoms with Crippen LogP contribution in [0.5, 0.6) is 0 Å². The van der Waals surface area contributed by atoms with Gasteiger partial charge in [0.25, 0.3) is 0 Å². The molecule has 0 aliphatic heterocycles. The summed E-state index contributed by atoms with van der Waals surface area (Å²) in [7, 11) is 1.76. The van der Waals surface area contributed by atoms with E-state index in [1.54, 1.807) is 7.11 Å². The number of rotatable bonds is 8. The van der Waals surface area contributed by atoms with Crippen LogP contribution in [0.3, 0.4) is 0 Å². The van der Waals surface area contributed by atoms with Gasteiger partial charge in [0.2, 0.25) is 0 Å². The molecular formula is C11H20N2O. The molecule has 0 spiro atoms. The minimum absolute atomic E-state index is 0.904. The molecule has 0 saturated carbocycles. The normalized spacial score (nSPS) is 10.6. The van der Waals surface area contributed by atoms with E-state index in [4.69, 9.17) is 4.74 Å². The topological polar surface area (TPSA) is 27.1 Å². The summed E-state index contributed by atoms with van der Waals surface area (Å²) in [6.07, 6.45) is 12.1. The van der Waals surface area contributed by atoms with Crippen molar-refractivity contribution in [2.75, 3.05) is 13.7 Å². The smallest absolute Gasteiger partial charge is 0.0945 e. The first-order chi connectivity index (χ1) is 6.93. The van der Waals surface area contributed by atoms with E-state index in [0.717, 1.165) is 13.2 Å². The van der Waals surface area contributed by atoms with Crippen molar-refractivity contribution in [3.05, 3.63) is 18.7 Å². The molecule has 0 amide bonds. The zero-order valence-electron chi connectivity index (χ0n) is 8.98. The minimum atomic E-state index is 0.904. The number of ether oxygens (including phenoxy) is 1. The van der Waals surface area contributed by atoms with Gasteiger partial charge in [-0.05, 0) is 12.8 Å². The molecule has 0 aromatic carbocycles. The summed E-state index contributed by atoms with van der Waals surface area (Å²) < 4.78 is 7.13. The number of hydrogen-bond acceptors (Lipinski definition) is 2. The lowest BCUT2D eigenvalue weighted by Gasteiger charge is -2.02. The molecule has 0 saturated heterocycles. The van der Waals surface area contributed by atoms with Crippen LogP contribution in [-0.2, 0) is 11.3 Å². The van der Waals surface area contributed by atoms with Gasteiger partial charge in [-0.15, -0.1) is 0 Å². The summed E-state index contributed by atoms with van der Waals surface area (Å²) >= 11 is 0. The SMILES string of the molecule is COCCCCCCCn1ccnc1. The number of aromatic nitrogens is 2. The molecule has 1 heterocycles. The summed E-state index contributed by atoms with van der Waals surface area (Å²) in [6, 6.07) is 0. The van der Waals surface area contributed by atoms with Crippen molar-refractivity contribution in [1.82, 2.24) is 9.55 Å². The molecule has 0 N–H and O–H groups in total. The zero-order chi connectivity index (χ0) is 10.1. The lowest BCUT2D eigenvalue weighted by atomic mass is 10.1. The summed E-state index contributed by atoms with van der Waals surface area (Å²) in [5, 5.41) is 0. The van der Waals surface area contributed by atoms with Gasteiger partial charge in [-0.3, -0.25) is 0 Å². The predicted octanol–water partition coefficient (Wildman–Crippen LogP) is 2.48. The number of nitrogens with zero attached hydrogens (tertiary/aromatic N) is 2. The van der Waals surface area contributed by atoms with Gasteiger partial charge in [-0.25, -0.2) is 4.98 Å². The Balaban J connectivity index is 1.85. The Kier molecular flexibility index (Phi) is 6.07.